The first kappa shape index (κ1) is 16.0. The zero-order valence-corrected chi connectivity index (χ0v) is 14.7. The maximum absolute atomic E-state index is 12.5. The van der Waals surface area contributed by atoms with E-state index in [0.717, 1.165) is 13.0 Å². The minimum absolute atomic E-state index is 0.141. The molecule has 2 fully saturated rings. The number of amides is 1. The molecule has 1 aliphatic carbocycles. The summed E-state index contributed by atoms with van der Waals surface area (Å²) in [6, 6.07) is 4.55. The van der Waals surface area contributed by atoms with Crippen LogP contribution in [0.3, 0.4) is 0 Å². The Kier molecular flexibility index (Phi) is 4.32. The van der Waals surface area contributed by atoms with Gasteiger partial charge in [-0.1, -0.05) is 19.9 Å². The highest BCUT2D eigenvalue weighted by Crippen LogP contribution is 2.54. The largest absolute Gasteiger partial charge is 0.377 e. The number of carbonyl (C=O) groups excluding carboxylic acids is 1. The fourth-order valence-electron chi connectivity index (χ4n) is 4.35. The van der Waals surface area contributed by atoms with Gasteiger partial charge in [-0.15, -0.1) is 11.3 Å². The van der Waals surface area contributed by atoms with Crippen molar-refractivity contribution in [1.29, 1.82) is 0 Å². The van der Waals surface area contributed by atoms with Gasteiger partial charge in [-0.25, -0.2) is 0 Å². The Labute approximate surface area is 137 Å². The highest BCUT2D eigenvalue weighted by atomic mass is 32.1. The number of ether oxygens (including phenoxy) is 1. The van der Waals surface area contributed by atoms with Crippen molar-refractivity contribution in [3.63, 3.8) is 0 Å². The molecule has 122 valence electrons. The molecule has 0 bridgehead atoms. The summed E-state index contributed by atoms with van der Waals surface area (Å²) in [5.41, 5.74) is 0.141. The molecule has 1 saturated carbocycles. The van der Waals surface area contributed by atoms with Crippen molar-refractivity contribution in [3.8, 4) is 0 Å². The molecule has 0 N–H and O–H groups in total. The van der Waals surface area contributed by atoms with Crippen molar-refractivity contribution >= 4 is 17.2 Å². The summed E-state index contributed by atoms with van der Waals surface area (Å²) in [4.78, 5) is 17.8. The van der Waals surface area contributed by atoms with Gasteiger partial charge in [0.25, 0.3) is 0 Å². The molecular weight excluding hydrogens is 296 g/mol. The summed E-state index contributed by atoms with van der Waals surface area (Å²) in [7, 11) is 3.97. The lowest BCUT2D eigenvalue weighted by molar-refractivity contribution is -0.157. The van der Waals surface area contributed by atoms with Gasteiger partial charge >= 0.3 is 0 Å². The van der Waals surface area contributed by atoms with Crippen molar-refractivity contribution in [2.75, 3.05) is 27.2 Å². The van der Waals surface area contributed by atoms with Crippen LogP contribution in [0.5, 0.6) is 0 Å². The van der Waals surface area contributed by atoms with Crippen molar-refractivity contribution in [3.05, 3.63) is 22.4 Å². The minimum atomic E-state index is 0.141. The minimum Gasteiger partial charge on any atom is -0.377 e. The average Bonchev–Trinajstić information content (AvgIpc) is 3.08. The van der Waals surface area contributed by atoms with E-state index in [2.05, 4.69) is 37.2 Å². The highest BCUT2D eigenvalue weighted by molar-refractivity contribution is 7.09. The Morgan fingerprint density at radius 1 is 1.45 bits per heavy atom. The number of thiophene rings is 1. The second kappa shape index (κ2) is 5.95. The van der Waals surface area contributed by atoms with Gasteiger partial charge in [-0.2, -0.15) is 0 Å². The standard InChI is InChI=1S/C17H26N2O2S/c1-17(2)15(13-7-8-21-16(13)17)19(4)11-14(20)18(3)10-12-6-5-9-22-12/h5-6,9,13,15-16H,7-8,10-11H2,1-4H3/t13-,15-,16-/m1/s1. The van der Waals surface area contributed by atoms with Crippen molar-refractivity contribution in [2.45, 2.75) is 39.0 Å². The number of fused-ring (bicyclic) bond motifs is 1. The zero-order valence-electron chi connectivity index (χ0n) is 13.9. The molecule has 5 heteroatoms. The molecule has 0 unspecified atom stereocenters. The quantitative estimate of drug-likeness (QED) is 0.835. The molecule has 4 nitrogen and oxygen atoms in total. The third kappa shape index (κ3) is 2.70. The van der Waals surface area contributed by atoms with E-state index in [4.69, 9.17) is 4.74 Å². The third-order valence-electron chi connectivity index (χ3n) is 5.30. The van der Waals surface area contributed by atoms with Crippen molar-refractivity contribution < 1.29 is 9.53 Å². The third-order valence-corrected chi connectivity index (χ3v) is 6.16. The maximum Gasteiger partial charge on any atom is 0.236 e. The molecule has 1 amide bonds. The first-order valence-electron chi connectivity index (χ1n) is 7.99. The average molecular weight is 322 g/mol. The molecule has 1 aromatic heterocycles. The second-order valence-corrected chi connectivity index (χ2v) is 8.29. The Hall–Kier alpha value is -0.910. The number of likely N-dealkylation sites (N-methyl/N-ethyl adjacent to an activating group) is 2. The maximum atomic E-state index is 12.5. The van der Waals surface area contributed by atoms with Crippen LogP contribution >= 0.6 is 11.3 Å². The molecule has 1 aliphatic heterocycles. The number of carbonyl (C=O) groups is 1. The molecule has 0 spiro atoms. The van der Waals surface area contributed by atoms with E-state index in [0.29, 0.717) is 31.2 Å². The predicted molar refractivity (Wildman–Crippen MR) is 88.8 cm³/mol. The number of hydrogen-bond acceptors (Lipinski definition) is 4. The van der Waals surface area contributed by atoms with Crippen molar-refractivity contribution in [1.82, 2.24) is 9.80 Å². The Balaban J connectivity index is 1.57. The van der Waals surface area contributed by atoms with Gasteiger partial charge in [0.2, 0.25) is 5.91 Å². The molecule has 1 aromatic rings. The van der Waals surface area contributed by atoms with Crippen LogP contribution in [0.15, 0.2) is 17.5 Å². The molecule has 3 rings (SSSR count). The lowest BCUT2D eigenvalue weighted by Gasteiger charge is -2.57. The van der Waals surface area contributed by atoms with E-state index in [1.54, 1.807) is 11.3 Å². The molecule has 2 aliphatic rings. The number of hydrogen-bond donors (Lipinski definition) is 0. The second-order valence-electron chi connectivity index (χ2n) is 7.25. The van der Waals surface area contributed by atoms with Crippen LogP contribution in [-0.2, 0) is 16.1 Å². The van der Waals surface area contributed by atoms with E-state index < -0.39 is 0 Å². The van der Waals surface area contributed by atoms with Crippen LogP contribution in [-0.4, -0.2) is 55.1 Å². The summed E-state index contributed by atoms with van der Waals surface area (Å²) in [5, 5.41) is 2.05. The fourth-order valence-corrected chi connectivity index (χ4v) is 5.11. The van der Waals surface area contributed by atoms with Gasteiger partial charge in [0, 0.05) is 35.9 Å². The summed E-state index contributed by atoms with van der Waals surface area (Å²) < 4.78 is 5.85. The summed E-state index contributed by atoms with van der Waals surface area (Å²) in [6.45, 7) is 6.59. The van der Waals surface area contributed by atoms with E-state index in [9.17, 15) is 4.79 Å². The van der Waals surface area contributed by atoms with E-state index >= 15 is 0 Å². The topological polar surface area (TPSA) is 32.8 Å². The lowest BCUT2D eigenvalue weighted by atomic mass is 9.57. The van der Waals surface area contributed by atoms with Gasteiger partial charge in [0.15, 0.2) is 0 Å². The van der Waals surface area contributed by atoms with Crippen LogP contribution in [0, 0.1) is 11.3 Å². The molecule has 0 radical (unpaired) electrons. The normalized spacial score (nSPS) is 29.2. The molecular formula is C17H26N2O2S. The molecule has 2 heterocycles. The first-order chi connectivity index (χ1) is 10.4. The van der Waals surface area contributed by atoms with E-state index in [-0.39, 0.29) is 11.3 Å². The Bertz CT molecular complexity index is 529. The predicted octanol–water partition coefficient (Wildman–Crippen LogP) is 2.45. The monoisotopic (exact) mass is 322 g/mol. The summed E-state index contributed by atoms with van der Waals surface area (Å²) in [5.74, 6) is 0.782. The van der Waals surface area contributed by atoms with E-state index in [1.807, 2.05) is 18.0 Å². The SMILES string of the molecule is CN(Cc1cccs1)C(=O)CN(C)[C@@H]1[C@H]2CCO[C@H]2C1(C)C. The van der Waals surface area contributed by atoms with Gasteiger partial charge in [0.1, 0.15) is 0 Å². The Morgan fingerprint density at radius 3 is 2.91 bits per heavy atom. The van der Waals surface area contributed by atoms with Crippen LogP contribution in [0.1, 0.15) is 25.1 Å². The van der Waals surface area contributed by atoms with Gasteiger partial charge in [-0.3, -0.25) is 9.69 Å². The van der Waals surface area contributed by atoms with Gasteiger partial charge in [0.05, 0.1) is 19.2 Å². The number of nitrogens with zero attached hydrogens (tertiary/aromatic N) is 2. The molecule has 0 aromatic carbocycles. The highest BCUT2D eigenvalue weighted by Gasteiger charge is 2.60. The van der Waals surface area contributed by atoms with Crippen LogP contribution in [0.25, 0.3) is 0 Å². The Morgan fingerprint density at radius 2 is 2.23 bits per heavy atom. The van der Waals surface area contributed by atoms with Crippen molar-refractivity contribution in [2.24, 2.45) is 11.3 Å². The molecule has 22 heavy (non-hydrogen) atoms. The summed E-state index contributed by atoms with van der Waals surface area (Å²) >= 11 is 1.70. The zero-order chi connectivity index (χ0) is 15.9. The summed E-state index contributed by atoms with van der Waals surface area (Å²) in [6.07, 6.45) is 1.50. The van der Waals surface area contributed by atoms with Gasteiger partial charge in [-0.05, 0) is 24.9 Å². The molecule has 3 atom stereocenters. The van der Waals surface area contributed by atoms with Gasteiger partial charge < -0.3 is 9.64 Å². The fraction of sp³-hybridized carbons (Fsp3) is 0.706. The van der Waals surface area contributed by atoms with Crippen LogP contribution < -0.4 is 0 Å². The van der Waals surface area contributed by atoms with Crippen LogP contribution in [0.2, 0.25) is 0 Å². The lowest BCUT2D eigenvalue weighted by Crippen LogP contribution is -2.66. The number of rotatable bonds is 5. The molecule has 1 saturated heterocycles. The van der Waals surface area contributed by atoms with Crippen LogP contribution in [0.4, 0.5) is 0 Å². The first-order valence-corrected chi connectivity index (χ1v) is 8.87. The van der Waals surface area contributed by atoms with E-state index in [1.165, 1.54) is 4.88 Å². The smallest absolute Gasteiger partial charge is 0.236 e.